The van der Waals surface area contributed by atoms with Gasteiger partial charge in [-0.15, -0.1) is 0 Å². The van der Waals surface area contributed by atoms with Gasteiger partial charge in [0.1, 0.15) is 5.69 Å². The van der Waals surface area contributed by atoms with Crippen molar-refractivity contribution in [2.75, 3.05) is 5.32 Å². The average molecular weight is 313 g/mol. The lowest BCUT2D eigenvalue weighted by Gasteiger charge is -2.07. The van der Waals surface area contributed by atoms with Crippen molar-refractivity contribution in [1.29, 1.82) is 0 Å². The number of nitrogens with one attached hydrogen (secondary N) is 1. The van der Waals surface area contributed by atoms with Crippen molar-refractivity contribution >= 4 is 34.1 Å². The first-order valence-corrected chi connectivity index (χ1v) is 7.61. The molecule has 0 aliphatic heterocycles. The van der Waals surface area contributed by atoms with E-state index in [9.17, 15) is 4.79 Å². The van der Waals surface area contributed by atoms with Crippen molar-refractivity contribution in [3.05, 3.63) is 64.8 Å². The molecule has 22 heavy (non-hydrogen) atoms. The van der Waals surface area contributed by atoms with Crippen LogP contribution < -0.4 is 5.32 Å². The molecule has 3 rings (SSSR count). The van der Waals surface area contributed by atoms with Crippen molar-refractivity contribution in [2.45, 2.75) is 13.3 Å². The van der Waals surface area contributed by atoms with Gasteiger partial charge in [0.25, 0.3) is 5.91 Å². The second kappa shape index (κ2) is 5.85. The first kappa shape index (κ1) is 14.7. The SMILES string of the molecule is CCc1ccc(NC(=O)c2cc3ccc(Cl)cc3n2C)cc1. The van der Waals surface area contributed by atoms with Crippen molar-refractivity contribution in [1.82, 2.24) is 4.57 Å². The predicted molar refractivity (Wildman–Crippen MR) is 91.7 cm³/mol. The number of amides is 1. The molecule has 0 aliphatic carbocycles. The van der Waals surface area contributed by atoms with Gasteiger partial charge in [-0.05, 0) is 42.3 Å². The number of fused-ring (bicyclic) bond motifs is 1. The molecular weight excluding hydrogens is 296 g/mol. The van der Waals surface area contributed by atoms with E-state index in [2.05, 4.69) is 12.2 Å². The third kappa shape index (κ3) is 2.72. The summed E-state index contributed by atoms with van der Waals surface area (Å²) in [5.74, 6) is -0.126. The molecule has 112 valence electrons. The molecule has 0 atom stereocenters. The van der Waals surface area contributed by atoms with Crippen LogP contribution >= 0.6 is 11.6 Å². The quantitative estimate of drug-likeness (QED) is 0.750. The minimum absolute atomic E-state index is 0.126. The number of aryl methyl sites for hydroxylation is 2. The summed E-state index contributed by atoms with van der Waals surface area (Å²) in [5, 5.41) is 4.59. The highest BCUT2D eigenvalue weighted by Crippen LogP contribution is 2.23. The summed E-state index contributed by atoms with van der Waals surface area (Å²) in [4.78, 5) is 12.5. The van der Waals surface area contributed by atoms with Crippen LogP contribution in [0.15, 0.2) is 48.5 Å². The van der Waals surface area contributed by atoms with Crippen LogP contribution in [0.1, 0.15) is 23.0 Å². The molecule has 1 N–H and O–H groups in total. The van der Waals surface area contributed by atoms with Gasteiger partial charge in [-0.25, -0.2) is 0 Å². The van der Waals surface area contributed by atoms with Crippen LogP contribution in [0.4, 0.5) is 5.69 Å². The highest BCUT2D eigenvalue weighted by molar-refractivity contribution is 6.31. The van der Waals surface area contributed by atoms with Gasteiger partial charge in [0.15, 0.2) is 0 Å². The Kier molecular flexibility index (Phi) is 3.90. The molecule has 4 heteroatoms. The number of benzene rings is 2. The highest BCUT2D eigenvalue weighted by Gasteiger charge is 2.13. The van der Waals surface area contributed by atoms with Gasteiger partial charge in [-0.1, -0.05) is 36.7 Å². The molecule has 0 saturated heterocycles. The molecule has 0 unspecified atom stereocenters. The molecule has 0 aliphatic rings. The molecule has 0 saturated carbocycles. The van der Waals surface area contributed by atoms with Crippen LogP contribution in [0.3, 0.4) is 0 Å². The first-order valence-electron chi connectivity index (χ1n) is 7.23. The van der Waals surface area contributed by atoms with E-state index in [1.54, 1.807) is 0 Å². The average Bonchev–Trinajstić information content (AvgIpc) is 2.85. The predicted octanol–water partition coefficient (Wildman–Crippen LogP) is 4.65. The van der Waals surface area contributed by atoms with E-state index < -0.39 is 0 Å². The fourth-order valence-electron chi connectivity index (χ4n) is 2.54. The van der Waals surface area contributed by atoms with Crippen molar-refractivity contribution in [3.63, 3.8) is 0 Å². The Morgan fingerprint density at radius 1 is 1.14 bits per heavy atom. The molecule has 2 aromatic carbocycles. The van der Waals surface area contributed by atoms with Gasteiger partial charge in [0.05, 0.1) is 0 Å². The number of nitrogens with zero attached hydrogens (tertiary/aromatic N) is 1. The highest BCUT2D eigenvalue weighted by atomic mass is 35.5. The van der Waals surface area contributed by atoms with Crippen LogP contribution in [-0.4, -0.2) is 10.5 Å². The van der Waals surface area contributed by atoms with Crippen molar-refractivity contribution in [2.24, 2.45) is 7.05 Å². The topological polar surface area (TPSA) is 34.0 Å². The molecule has 0 bridgehead atoms. The van der Waals surface area contributed by atoms with Gasteiger partial charge in [-0.3, -0.25) is 4.79 Å². The number of aromatic nitrogens is 1. The van der Waals surface area contributed by atoms with E-state index in [-0.39, 0.29) is 5.91 Å². The molecule has 1 aromatic heterocycles. The fraction of sp³-hybridized carbons (Fsp3) is 0.167. The largest absolute Gasteiger partial charge is 0.340 e. The van der Waals surface area contributed by atoms with Crippen molar-refractivity contribution in [3.8, 4) is 0 Å². The van der Waals surface area contributed by atoms with Crippen LogP contribution in [0, 0.1) is 0 Å². The molecule has 0 fully saturated rings. The van der Waals surface area contributed by atoms with Gasteiger partial charge >= 0.3 is 0 Å². The Bertz CT molecular complexity index is 834. The zero-order chi connectivity index (χ0) is 15.7. The van der Waals surface area contributed by atoms with Crippen LogP contribution in [0.25, 0.3) is 10.9 Å². The van der Waals surface area contributed by atoms with Gasteiger partial charge < -0.3 is 9.88 Å². The number of carbonyl (C=O) groups is 1. The lowest BCUT2D eigenvalue weighted by atomic mass is 10.1. The summed E-state index contributed by atoms with van der Waals surface area (Å²) in [5.41, 5.74) is 3.60. The number of hydrogen-bond donors (Lipinski definition) is 1. The molecule has 0 spiro atoms. The Labute approximate surface area is 134 Å². The van der Waals surface area contributed by atoms with E-state index in [1.165, 1.54) is 5.56 Å². The molecule has 0 radical (unpaired) electrons. The van der Waals surface area contributed by atoms with Gasteiger partial charge in [0.2, 0.25) is 0 Å². The summed E-state index contributed by atoms with van der Waals surface area (Å²) in [6.07, 6.45) is 0.984. The summed E-state index contributed by atoms with van der Waals surface area (Å²) in [6.45, 7) is 2.11. The zero-order valence-electron chi connectivity index (χ0n) is 12.6. The third-order valence-electron chi connectivity index (χ3n) is 3.86. The maximum absolute atomic E-state index is 12.5. The lowest BCUT2D eigenvalue weighted by molar-refractivity contribution is 0.102. The van der Waals surface area contributed by atoms with Crippen LogP contribution in [0.5, 0.6) is 0 Å². The van der Waals surface area contributed by atoms with E-state index in [0.717, 1.165) is 23.0 Å². The molecule has 3 nitrogen and oxygen atoms in total. The Morgan fingerprint density at radius 2 is 1.86 bits per heavy atom. The van der Waals surface area contributed by atoms with Crippen LogP contribution in [-0.2, 0) is 13.5 Å². The fourth-order valence-corrected chi connectivity index (χ4v) is 2.71. The Hall–Kier alpha value is -2.26. The summed E-state index contributed by atoms with van der Waals surface area (Å²) in [7, 11) is 1.87. The second-order valence-electron chi connectivity index (χ2n) is 5.30. The molecular formula is C18H17ClN2O. The molecule has 1 heterocycles. The minimum atomic E-state index is -0.126. The van der Waals surface area contributed by atoms with Crippen molar-refractivity contribution < 1.29 is 4.79 Å². The lowest BCUT2D eigenvalue weighted by Crippen LogP contribution is -2.15. The standard InChI is InChI=1S/C18H17ClN2O/c1-3-12-4-8-15(9-5-12)20-18(22)17-10-13-6-7-14(19)11-16(13)21(17)2/h4-11H,3H2,1-2H3,(H,20,22). The summed E-state index contributed by atoms with van der Waals surface area (Å²) >= 11 is 6.02. The maximum Gasteiger partial charge on any atom is 0.272 e. The minimum Gasteiger partial charge on any atom is -0.340 e. The van der Waals surface area contributed by atoms with E-state index in [1.807, 2.05) is 60.1 Å². The van der Waals surface area contributed by atoms with E-state index >= 15 is 0 Å². The van der Waals surface area contributed by atoms with Gasteiger partial charge in [0, 0.05) is 28.7 Å². The van der Waals surface area contributed by atoms with Gasteiger partial charge in [-0.2, -0.15) is 0 Å². The third-order valence-corrected chi connectivity index (χ3v) is 4.10. The van der Waals surface area contributed by atoms with E-state index in [0.29, 0.717) is 10.7 Å². The Balaban J connectivity index is 1.89. The zero-order valence-corrected chi connectivity index (χ0v) is 13.3. The second-order valence-corrected chi connectivity index (χ2v) is 5.73. The van der Waals surface area contributed by atoms with Crippen LogP contribution in [0.2, 0.25) is 5.02 Å². The first-order chi connectivity index (χ1) is 10.6. The smallest absolute Gasteiger partial charge is 0.272 e. The number of anilines is 1. The number of carbonyl (C=O) groups excluding carboxylic acids is 1. The van der Waals surface area contributed by atoms with E-state index in [4.69, 9.17) is 11.6 Å². The Morgan fingerprint density at radius 3 is 2.55 bits per heavy atom. The molecule has 1 amide bonds. The summed E-state index contributed by atoms with van der Waals surface area (Å²) < 4.78 is 1.86. The number of halogens is 1. The molecule has 3 aromatic rings. The monoisotopic (exact) mass is 312 g/mol. The maximum atomic E-state index is 12.5. The number of hydrogen-bond acceptors (Lipinski definition) is 1. The number of rotatable bonds is 3. The normalized spacial score (nSPS) is 10.9. The summed E-state index contributed by atoms with van der Waals surface area (Å²) in [6, 6.07) is 15.4.